The molecule has 0 aliphatic heterocycles. The van der Waals surface area contributed by atoms with Crippen LogP contribution in [0.15, 0.2) is 132 Å². The summed E-state index contributed by atoms with van der Waals surface area (Å²) in [4.78, 5) is 10.3. The molecule has 46 heavy (non-hydrogen) atoms. The molecule has 1 fully saturated rings. The molecule has 0 saturated heterocycles. The Morgan fingerprint density at radius 1 is 0.630 bits per heavy atom. The van der Waals surface area contributed by atoms with Crippen molar-refractivity contribution in [3.8, 4) is 22.4 Å². The summed E-state index contributed by atoms with van der Waals surface area (Å²) < 4.78 is 6.61. The first-order valence-electron chi connectivity index (χ1n) is 16.1. The standard InChI is InChI=1S/C43H26N2O/c1-3-9-32-29(7-1)30-8-2-4-10-33(30)42-41(32)44-23-38(45-42)27-16-14-24-13-15-25(19-28(24)20-27)36-22-37-31(18-17-26-21-35(26)37)40-34-11-5-6-12-39(34)46-43(36)40/h1-20,22-23,26,35H,21H2. The fraction of sp³-hybridized carbons (Fsp3) is 0.0698. The Labute approximate surface area is 264 Å². The Bertz CT molecular complexity index is 2770. The summed E-state index contributed by atoms with van der Waals surface area (Å²) in [7, 11) is 0. The lowest BCUT2D eigenvalue weighted by Crippen LogP contribution is -1.95. The van der Waals surface area contributed by atoms with E-state index in [1.807, 2.05) is 6.20 Å². The molecule has 0 radical (unpaired) electrons. The third kappa shape index (κ3) is 3.37. The molecule has 9 aromatic rings. The van der Waals surface area contributed by atoms with Crippen LogP contribution in [0.4, 0.5) is 0 Å². The minimum absolute atomic E-state index is 0.614. The van der Waals surface area contributed by atoms with E-state index in [2.05, 4.69) is 127 Å². The Kier molecular flexibility index (Phi) is 4.74. The lowest BCUT2D eigenvalue weighted by molar-refractivity contribution is 0.669. The van der Waals surface area contributed by atoms with Crippen LogP contribution in [0.1, 0.15) is 23.5 Å². The predicted molar refractivity (Wildman–Crippen MR) is 190 cm³/mol. The fourth-order valence-electron chi connectivity index (χ4n) is 7.99. The maximum Gasteiger partial charge on any atom is 0.143 e. The number of allylic oxidation sites excluding steroid dienone is 1. The fourth-order valence-corrected chi connectivity index (χ4v) is 7.99. The minimum Gasteiger partial charge on any atom is -0.455 e. The van der Waals surface area contributed by atoms with E-state index in [0.717, 1.165) is 44.2 Å². The van der Waals surface area contributed by atoms with Crippen molar-refractivity contribution in [1.82, 2.24) is 9.97 Å². The van der Waals surface area contributed by atoms with Crippen LogP contribution in [0.3, 0.4) is 0 Å². The summed E-state index contributed by atoms with van der Waals surface area (Å²) in [5, 5.41) is 9.47. The monoisotopic (exact) mass is 586 g/mol. The summed E-state index contributed by atoms with van der Waals surface area (Å²) in [6, 6.07) is 41.3. The zero-order valence-corrected chi connectivity index (χ0v) is 24.9. The second kappa shape index (κ2) is 8.89. The first-order chi connectivity index (χ1) is 22.8. The van der Waals surface area contributed by atoms with Crippen LogP contribution >= 0.6 is 0 Å². The largest absolute Gasteiger partial charge is 0.455 e. The molecule has 2 aliphatic carbocycles. The van der Waals surface area contributed by atoms with Crippen molar-refractivity contribution in [1.29, 1.82) is 0 Å². The Morgan fingerprint density at radius 2 is 1.33 bits per heavy atom. The van der Waals surface area contributed by atoms with Crippen molar-refractivity contribution in [2.75, 3.05) is 0 Å². The summed E-state index contributed by atoms with van der Waals surface area (Å²) in [5.41, 5.74) is 10.9. The molecule has 0 bridgehead atoms. The molecule has 2 unspecified atom stereocenters. The minimum atomic E-state index is 0.614. The molecule has 3 heteroatoms. The average Bonchev–Trinajstić information content (AvgIpc) is 3.82. The number of benzene rings is 7. The molecule has 2 atom stereocenters. The summed E-state index contributed by atoms with van der Waals surface area (Å²) >= 11 is 0. The highest BCUT2D eigenvalue weighted by Crippen LogP contribution is 2.56. The van der Waals surface area contributed by atoms with Crippen LogP contribution in [-0.2, 0) is 0 Å². The van der Waals surface area contributed by atoms with Gasteiger partial charge in [0.15, 0.2) is 0 Å². The van der Waals surface area contributed by atoms with Gasteiger partial charge in [-0.15, -0.1) is 0 Å². The van der Waals surface area contributed by atoms with Crippen LogP contribution in [0, 0.1) is 5.92 Å². The molecule has 0 spiro atoms. The van der Waals surface area contributed by atoms with E-state index in [1.165, 1.54) is 61.0 Å². The molecular weight excluding hydrogens is 560 g/mol. The van der Waals surface area contributed by atoms with Gasteiger partial charge in [0, 0.05) is 32.7 Å². The van der Waals surface area contributed by atoms with Gasteiger partial charge >= 0.3 is 0 Å². The van der Waals surface area contributed by atoms with E-state index in [1.54, 1.807) is 0 Å². The van der Waals surface area contributed by atoms with Crippen molar-refractivity contribution in [3.63, 3.8) is 0 Å². The van der Waals surface area contributed by atoms with Crippen molar-refractivity contribution in [2.24, 2.45) is 5.92 Å². The van der Waals surface area contributed by atoms with Crippen molar-refractivity contribution >= 4 is 71.4 Å². The first kappa shape index (κ1) is 24.5. The quantitative estimate of drug-likeness (QED) is 0.189. The number of aromatic nitrogens is 2. The van der Waals surface area contributed by atoms with Gasteiger partial charge in [0.2, 0.25) is 0 Å². The first-order valence-corrected chi connectivity index (χ1v) is 16.1. The van der Waals surface area contributed by atoms with Gasteiger partial charge < -0.3 is 4.42 Å². The number of hydrogen-bond donors (Lipinski definition) is 0. The highest BCUT2D eigenvalue weighted by Gasteiger charge is 2.41. The Hall–Kier alpha value is -5.80. The summed E-state index contributed by atoms with van der Waals surface area (Å²) in [6.45, 7) is 0. The van der Waals surface area contributed by atoms with Gasteiger partial charge in [0.25, 0.3) is 0 Å². The molecule has 11 rings (SSSR count). The number of nitrogens with zero attached hydrogens (tertiary/aromatic N) is 2. The highest BCUT2D eigenvalue weighted by atomic mass is 16.3. The van der Waals surface area contributed by atoms with Gasteiger partial charge in [-0.25, -0.2) is 4.98 Å². The van der Waals surface area contributed by atoms with Gasteiger partial charge in [-0.05, 0) is 80.8 Å². The second-order valence-electron chi connectivity index (χ2n) is 12.9. The van der Waals surface area contributed by atoms with E-state index < -0.39 is 0 Å². The average molecular weight is 587 g/mol. The van der Waals surface area contributed by atoms with E-state index in [0.29, 0.717) is 11.8 Å². The number of furan rings is 1. The number of para-hydroxylation sites is 1. The van der Waals surface area contributed by atoms with Crippen LogP contribution < -0.4 is 0 Å². The van der Waals surface area contributed by atoms with Crippen LogP contribution in [0.25, 0.3) is 93.7 Å². The third-order valence-corrected chi connectivity index (χ3v) is 10.3. The molecule has 2 heterocycles. The number of hydrogen-bond acceptors (Lipinski definition) is 3. The predicted octanol–water partition coefficient (Wildman–Crippen LogP) is 11.5. The highest BCUT2D eigenvalue weighted by molar-refractivity contribution is 6.23. The number of fused-ring (bicyclic) bond motifs is 14. The van der Waals surface area contributed by atoms with E-state index in [-0.39, 0.29) is 0 Å². The maximum absolute atomic E-state index is 6.61. The molecule has 214 valence electrons. The Balaban J connectivity index is 1.11. The van der Waals surface area contributed by atoms with Gasteiger partial charge in [-0.3, -0.25) is 4.98 Å². The molecule has 2 aliphatic rings. The maximum atomic E-state index is 6.61. The van der Waals surface area contributed by atoms with E-state index in [4.69, 9.17) is 14.4 Å². The molecule has 7 aromatic carbocycles. The topological polar surface area (TPSA) is 38.9 Å². The van der Waals surface area contributed by atoms with Crippen LogP contribution in [0.5, 0.6) is 0 Å². The van der Waals surface area contributed by atoms with Crippen LogP contribution in [0.2, 0.25) is 0 Å². The van der Waals surface area contributed by atoms with Crippen molar-refractivity contribution in [2.45, 2.75) is 12.3 Å². The van der Waals surface area contributed by atoms with Crippen molar-refractivity contribution < 1.29 is 4.42 Å². The zero-order chi connectivity index (χ0) is 29.9. The smallest absolute Gasteiger partial charge is 0.143 e. The number of rotatable bonds is 2. The lowest BCUT2D eigenvalue weighted by atomic mass is 9.88. The zero-order valence-electron chi connectivity index (χ0n) is 24.9. The summed E-state index contributed by atoms with van der Waals surface area (Å²) in [6.07, 6.45) is 7.89. The van der Waals surface area contributed by atoms with Crippen LogP contribution in [-0.4, -0.2) is 9.97 Å². The third-order valence-electron chi connectivity index (χ3n) is 10.3. The molecule has 1 saturated carbocycles. The summed E-state index contributed by atoms with van der Waals surface area (Å²) in [5.74, 6) is 1.29. The van der Waals surface area contributed by atoms with E-state index in [9.17, 15) is 0 Å². The van der Waals surface area contributed by atoms with Gasteiger partial charge in [-0.2, -0.15) is 0 Å². The SMILES string of the molecule is C1=CC2CC2c2cc(-c3ccc4ccc(-c5cnc6c7ccccc7c7ccccc7c6n5)cc4c3)c3oc4ccccc4c3c21. The van der Waals surface area contributed by atoms with E-state index >= 15 is 0 Å². The lowest BCUT2D eigenvalue weighted by Gasteiger charge is -2.15. The van der Waals surface area contributed by atoms with Gasteiger partial charge in [0.05, 0.1) is 22.9 Å². The van der Waals surface area contributed by atoms with Crippen molar-refractivity contribution in [3.05, 3.63) is 139 Å². The molecule has 0 amide bonds. The van der Waals surface area contributed by atoms with Gasteiger partial charge in [0.1, 0.15) is 11.2 Å². The molecular formula is C43H26N2O. The Morgan fingerprint density at radius 3 is 2.15 bits per heavy atom. The second-order valence-corrected chi connectivity index (χ2v) is 12.9. The molecule has 2 aromatic heterocycles. The normalized spacial score (nSPS) is 17.0. The molecule has 3 nitrogen and oxygen atoms in total. The van der Waals surface area contributed by atoms with Gasteiger partial charge in [-0.1, -0.05) is 103 Å². The molecule has 0 N–H and O–H groups in total.